The summed E-state index contributed by atoms with van der Waals surface area (Å²) in [4.78, 5) is 11.1. The fraction of sp³-hybridized carbons (Fsp3) is 0.700. The van der Waals surface area contributed by atoms with Crippen molar-refractivity contribution in [3.63, 3.8) is 0 Å². The Balaban J connectivity index is 2.61. The average Bonchev–Trinajstić information content (AvgIpc) is 2.25. The molecule has 1 heterocycles. The maximum absolute atomic E-state index is 11.1. The summed E-state index contributed by atoms with van der Waals surface area (Å²) >= 11 is 0. The predicted molar refractivity (Wildman–Crippen MR) is 52.6 cm³/mol. The minimum atomic E-state index is -0.779. The number of hydrogen-bond donors (Lipinski definition) is 2. The highest BCUT2D eigenvalue weighted by Gasteiger charge is 2.36. The van der Waals surface area contributed by atoms with Gasteiger partial charge in [0, 0.05) is 18.2 Å². The van der Waals surface area contributed by atoms with E-state index < -0.39 is 5.60 Å². The van der Waals surface area contributed by atoms with Crippen LogP contribution in [0.3, 0.4) is 0 Å². The summed E-state index contributed by atoms with van der Waals surface area (Å²) in [6, 6.07) is -0.0387. The molecule has 2 N–H and O–H groups in total. The Labute approximate surface area is 83.9 Å². The topological polar surface area (TPSA) is 58.6 Å². The Morgan fingerprint density at radius 2 is 2.50 bits per heavy atom. The molecule has 0 amide bonds. The first-order valence-electron chi connectivity index (χ1n) is 4.82. The van der Waals surface area contributed by atoms with Crippen LogP contribution < -0.4 is 5.32 Å². The van der Waals surface area contributed by atoms with Gasteiger partial charge in [-0.2, -0.15) is 0 Å². The molecule has 1 fully saturated rings. The second-order valence-electron chi connectivity index (χ2n) is 3.82. The molecule has 1 saturated heterocycles. The lowest BCUT2D eigenvalue weighted by atomic mass is 9.98. The molecule has 14 heavy (non-hydrogen) atoms. The fourth-order valence-electron chi connectivity index (χ4n) is 1.44. The van der Waals surface area contributed by atoms with Crippen molar-refractivity contribution in [1.82, 2.24) is 5.32 Å². The van der Waals surface area contributed by atoms with Crippen molar-refractivity contribution in [2.45, 2.75) is 38.8 Å². The molecular weight excluding hydrogens is 182 g/mol. The molecule has 0 aromatic rings. The molecule has 4 nitrogen and oxygen atoms in total. The van der Waals surface area contributed by atoms with Gasteiger partial charge in [-0.05, 0) is 20.8 Å². The number of carbonyl (C=O) groups is 1. The monoisotopic (exact) mass is 199 g/mol. The lowest BCUT2D eigenvalue weighted by molar-refractivity contribution is -0.137. The molecule has 0 spiro atoms. The van der Waals surface area contributed by atoms with Crippen molar-refractivity contribution in [2.75, 3.05) is 6.61 Å². The normalized spacial score (nSPS) is 34.3. The minimum absolute atomic E-state index is 0.0387. The fourth-order valence-corrected chi connectivity index (χ4v) is 1.44. The van der Waals surface area contributed by atoms with Gasteiger partial charge in [-0.15, -0.1) is 0 Å². The third-order valence-electron chi connectivity index (χ3n) is 2.46. The van der Waals surface area contributed by atoms with Crippen LogP contribution in [0.4, 0.5) is 0 Å². The molecule has 0 aromatic carbocycles. The van der Waals surface area contributed by atoms with Gasteiger partial charge in [0.15, 0.2) is 0 Å². The first kappa shape index (κ1) is 11.0. The molecule has 0 aliphatic carbocycles. The van der Waals surface area contributed by atoms with Crippen LogP contribution in [0.1, 0.15) is 27.2 Å². The van der Waals surface area contributed by atoms with Gasteiger partial charge in [-0.1, -0.05) is 0 Å². The number of hydrogen-bond acceptors (Lipinski definition) is 4. The number of esters is 1. The molecule has 0 bridgehead atoms. The smallest absolute Gasteiger partial charge is 0.332 e. The zero-order valence-corrected chi connectivity index (χ0v) is 8.83. The van der Waals surface area contributed by atoms with Crippen molar-refractivity contribution < 1.29 is 14.6 Å². The highest BCUT2D eigenvalue weighted by molar-refractivity contribution is 5.82. The van der Waals surface area contributed by atoms with Crippen LogP contribution in [0, 0.1) is 0 Å². The van der Waals surface area contributed by atoms with Crippen LogP contribution in [0.15, 0.2) is 11.8 Å². The number of ether oxygens (including phenoxy) is 1. The van der Waals surface area contributed by atoms with Crippen molar-refractivity contribution >= 4 is 5.97 Å². The molecule has 2 atom stereocenters. The standard InChI is InChI=1S/C10H17NO3/c1-4-14-9(12)5-8-6-10(3,13)7(2)11-8/h5,7,11,13H,4,6H2,1-3H3/b8-5-/t7?,10-/m1/s1. The van der Waals surface area contributed by atoms with Gasteiger partial charge in [0.2, 0.25) is 0 Å². The number of rotatable bonds is 2. The maximum atomic E-state index is 11.1. The number of nitrogens with one attached hydrogen (secondary N) is 1. The molecule has 1 unspecified atom stereocenters. The summed E-state index contributed by atoms with van der Waals surface area (Å²) in [5.41, 5.74) is -0.0424. The molecular formula is C10H17NO3. The average molecular weight is 199 g/mol. The third kappa shape index (κ3) is 2.48. The lowest BCUT2D eigenvalue weighted by Crippen LogP contribution is -2.36. The van der Waals surface area contributed by atoms with Crippen LogP contribution in [-0.2, 0) is 9.53 Å². The van der Waals surface area contributed by atoms with Crippen molar-refractivity contribution in [2.24, 2.45) is 0 Å². The van der Waals surface area contributed by atoms with Crippen LogP contribution in [-0.4, -0.2) is 29.3 Å². The van der Waals surface area contributed by atoms with Gasteiger partial charge in [-0.25, -0.2) is 4.79 Å². The Kier molecular flexibility index (Phi) is 3.16. The molecule has 1 aliphatic heterocycles. The van der Waals surface area contributed by atoms with E-state index in [2.05, 4.69) is 5.32 Å². The Hall–Kier alpha value is -1.03. The largest absolute Gasteiger partial charge is 0.463 e. The van der Waals surface area contributed by atoms with Gasteiger partial charge in [0.25, 0.3) is 0 Å². The van der Waals surface area contributed by atoms with E-state index in [1.165, 1.54) is 6.08 Å². The van der Waals surface area contributed by atoms with Crippen molar-refractivity contribution in [1.29, 1.82) is 0 Å². The summed E-state index contributed by atoms with van der Waals surface area (Å²) in [5.74, 6) is -0.361. The van der Waals surface area contributed by atoms with Gasteiger partial charge in [0.1, 0.15) is 0 Å². The van der Waals surface area contributed by atoms with Gasteiger partial charge < -0.3 is 15.2 Å². The molecule has 80 valence electrons. The minimum Gasteiger partial charge on any atom is -0.463 e. The van der Waals surface area contributed by atoms with Crippen LogP contribution in [0.2, 0.25) is 0 Å². The molecule has 1 rings (SSSR count). The summed E-state index contributed by atoms with van der Waals surface area (Å²) in [7, 11) is 0. The van der Waals surface area contributed by atoms with E-state index in [0.717, 1.165) is 5.70 Å². The van der Waals surface area contributed by atoms with Crippen LogP contribution in [0.5, 0.6) is 0 Å². The summed E-state index contributed by atoms with van der Waals surface area (Å²) < 4.78 is 4.77. The second kappa shape index (κ2) is 4.00. The summed E-state index contributed by atoms with van der Waals surface area (Å²) in [6.45, 7) is 5.76. The van der Waals surface area contributed by atoms with E-state index in [0.29, 0.717) is 13.0 Å². The van der Waals surface area contributed by atoms with E-state index in [-0.39, 0.29) is 12.0 Å². The van der Waals surface area contributed by atoms with Crippen molar-refractivity contribution in [3.05, 3.63) is 11.8 Å². The van der Waals surface area contributed by atoms with Gasteiger partial charge in [-0.3, -0.25) is 0 Å². The first-order valence-corrected chi connectivity index (χ1v) is 4.82. The lowest BCUT2D eigenvalue weighted by Gasteiger charge is -2.19. The predicted octanol–water partition coefficient (Wildman–Crippen LogP) is 0.566. The van der Waals surface area contributed by atoms with E-state index >= 15 is 0 Å². The molecule has 0 saturated carbocycles. The second-order valence-corrected chi connectivity index (χ2v) is 3.82. The van der Waals surface area contributed by atoms with Crippen molar-refractivity contribution in [3.8, 4) is 0 Å². The first-order chi connectivity index (χ1) is 6.45. The zero-order valence-electron chi connectivity index (χ0n) is 8.83. The van der Waals surface area contributed by atoms with Gasteiger partial charge in [0.05, 0.1) is 18.2 Å². The summed E-state index contributed by atoms with van der Waals surface area (Å²) in [6.07, 6.45) is 1.87. The number of carbonyl (C=O) groups excluding carboxylic acids is 1. The van der Waals surface area contributed by atoms with E-state index in [1.54, 1.807) is 13.8 Å². The Morgan fingerprint density at radius 3 is 2.93 bits per heavy atom. The SMILES string of the molecule is CCOC(=O)/C=C1/C[C@@](C)(O)C(C)N1. The molecule has 0 radical (unpaired) electrons. The molecule has 4 heteroatoms. The summed E-state index contributed by atoms with van der Waals surface area (Å²) in [5, 5.41) is 12.9. The maximum Gasteiger partial charge on any atom is 0.332 e. The number of aliphatic hydroxyl groups is 1. The quantitative estimate of drug-likeness (QED) is 0.504. The third-order valence-corrected chi connectivity index (χ3v) is 2.46. The van der Waals surface area contributed by atoms with E-state index in [4.69, 9.17) is 4.74 Å². The highest BCUT2D eigenvalue weighted by Crippen LogP contribution is 2.26. The van der Waals surface area contributed by atoms with Crippen LogP contribution in [0.25, 0.3) is 0 Å². The van der Waals surface area contributed by atoms with E-state index in [1.807, 2.05) is 6.92 Å². The molecule has 0 aromatic heterocycles. The van der Waals surface area contributed by atoms with Gasteiger partial charge >= 0.3 is 5.97 Å². The molecule has 1 aliphatic rings. The highest BCUT2D eigenvalue weighted by atomic mass is 16.5. The van der Waals surface area contributed by atoms with Crippen LogP contribution >= 0.6 is 0 Å². The van der Waals surface area contributed by atoms with E-state index in [9.17, 15) is 9.90 Å². The Morgan fingerprint density at radius 1 is 1.86 bits per heavy atom. The Bertz CT molecular complexity index is 258. The zero-order chi connectivity index (χ0) is 10.8.